The molecule has 0 fully saturated rings. The fourth-order valence-electron chi connectivity index (χ4n) is 2.25. The first kappa shape index (κ1) is 16.8. The molecule has 2 aromatic carbocycles. The van der Waals surface area contributed by atoms with E-state index in [0.717, 1.165) is 5.56 Å². The van der Waals surface area contributed by atoms with Crippen LogP contribution < -0.4 is 9.47 Å². The second-order valence-electron chi connectivity index (χ2n) is 5.18. The Morgan fingerprint density at radius 3 is 2.84 bits per heavy atom. The molecule has 3 aromatic rings. The van der Waals surface area contributed by atoms with E-state index in [2.05, 4.69) is 10.1 Å². The Morgan fingerprint density at radius 2 is 2.08 bits per heavy atom. The van der Waals surface area contributed by atoms with Crippen LogP contribution in [0.15, 0.2) is 47.0 Å². The highest BCUT2D eigenvalue weighted by atomic mass is 35.5. The molecule has 1 heterocycles. The minimum Gasteiger partial charge on any atom is -0.493 e. The summed E-state index contributed by atoms with van der Waals surface area (Å²) < 4.78 is 16.1. The van der Waals surface area contributed by atoms with E-state index in [1.807, 2.05) is 30.3 Å². The van der Waals surface area contributed by atoms with Crippen LogP contribution in [0.3, 0.4) is 0 Å². The third-order valence-electron chi connectivity index (χ3n) is 3.41. The van der Waals surface area contributed by atoms with E-state index in [1.165, 1.54) is 7.11 Å². The standard InChI is InChI=1S/C18H14ClN3O3/c1-23-16-8-13(10-20)5-6-15(16)24-11-18-21-17(22-25-18)9-12-3-2-4-14(19)7-12/h2-8H,9,11H2,1H3. The number of rotatable bonds is 6. The summed E-state index contributed by atoms with van der Waals surface area (Å²) in [6.45, 7) is 0.102. The lowest BCUT2D eigenvalue weighted by Crippen LogP contribution is -1.99. The van der Waals surface area contributed by atoms with Crippen molar-refractivity contribution in [1.82, 2.24) is 10.1 Å². The Balaban J connectivity index is 1.65. The van der Waals surface area contributed by atoms with Gasteiger partial charge in [-0.3, -0.25) is 0 Å². The lowest BCUT2D eigenvalue weighted by molar-refractivity contribution is 0.233. The molecule has 0 spiro atoms. The van der Waals surface area contributed by atoms with Crippen LogP contribution in [0.5, 0.6) is 11.5 Å². The molecule has 0 N–H and O–H groups in total. The van der Waals surface area contributed by atoms with Gasteiger partial charge in [0, 0.05) is 17.5 Å². The van der Waals surface area contributed by atoms with E-state index in [0.29, 0.717) is 40.2 Å². The molecule has 126 valence electrons. The molecular weight excluding hydrogens is 342 g/mol. The Hall–Kier alpha value is -3.04. The molecule has 1 aromatic heterocycles. The first-order valence-electron chi connectivity index (χ1n) is 7.45. The van der Waals surface area contributed by atoms with Gasteiger partial charge < -0.3 is 14.0 Å². The molecule has 3 rings (SSSR count). The summed E-state index contributed by atoms with van der Waals surface area (Å²) in [5.74, 6) is 1.87. The van der Waals surface area contributed by atoms with Gasteiger partial charge in [0.05, 0.1) is 18.7 Å². The van der Waals surface area contributed by atoms with Crippen molar-refractivity contribution in [3.8, 4) is 17.6 Å². The number of aromatic nitrogens is 2. The smallest absolute Gasteiger partial charge is 0.264 e. The number of ether oxygens (including phenoxy) is 2. The number of halogens is 1. The molecule has 25 heavy (non-hydrogen) atoms. The van der Waals surface area contributed by atoms with Crippen molar-refractivity contribution in [3.63, 3.8) is 0 Å². The molecule has 0 aliphatic carbocycles. The van der Waals surface area contributed by atoms with Crippen molar-refractivity contribution in [2.45, 2.75) is 13.0 Å². The summed E-state index contributed by atoms with van der Waals surface area (Å²) >= 11 is 5.97. The fourth-order valence-corrected chi connectivity index (χ4v) is 2.46. The number of benzene rings is 2. The van der Waals surface area contributed by atoms with E-state index in [-0.39, 0.29) is 6.61 Å². The van der Waals surface area contributed by atoms with Crippen molar-refractivity contribution in [2.75, 3.05) is 7.11 Å². The van der Waals surface area contributed by atoms with E-state index < -0.39 is 0 Å². The van der Waals surface area contributed by atoms with Crippen LogP contribution in [0.4, 0.5) is 0 Å². The van der Waals surface area contributed by atoms with Gasteiger partial charge in [-0.25, -0.2) is 0 Å². The quantitative estimate of drug-likeness (QED) is 0.669. The van der Waals surface area contributed by atoms with Gasteiger partial charge in [-0.15, -0.1) is 0 Å². The molecule has 0 saturated heterocycles. The molecule has 0 aliphatic rings. The first-order chi connectivity index (χ1) is 12.2. The predicted molar refractivity (Wildman–Crippen MR) is 90.6 cm³/mol. The highest BCUT2D eigenvalue weighted by molar-refractivity contribution is 6.30. The fraction of sp³-hybridized carbons (Fsp3) is 0.167. The Morgan fingerprint density at radius 1 is 1.20 bits per heavy atom. The van der Waals surface area contributed by atoms with Gasteiger partial charge in [0.2, 0.25) is 0 Å². The number of nitrogens with zero attached hydrogens (tertiary/aromatic N) is 3. The maximum atomic E-state index is 8.91. The van der Waals surface area contributed by atoms with E-state index in [9.17, 15) is 0 Å². The third kappa shape index (κ3) is 4.28. The zero-order chi connectivity index (χ0) is 17.6. The predicted octanol–water partition coefficient (Wildman–Crippen LogP) is 3.77. The molecule has 0 saturated carbocycles. The van der Waals surface area contributed by atoms with Crippen LogP contribution in [-0.4, -0.2) is 17.3 Å². The van der Waals surface area contributed by atoms with Gasteiger partial charge in [0.1, 0.15) is 0 Å². The Kier molecular flexibility index (Phi) is 5.17. The van der Waals surface area contributed by atoms with Crippen molar-refractivity contribution < 1.29 is 14.0 Å². The first-order valence-corrected chi connectivity index (χ1v) is 7.82. The van der Waals surface area contributed by atoms with Gasteiger partial charge in [0.15, 0.2) is 23.9 Å². The average Bonchev–Trinajstić information content (AvgIpc) is 3.07. The summed E-state index contributed by atoms with van der Waals surface area (Å²) in [7, 11) is 1.51. The zero-order valence-electron chi connectivity index (χ0n) is 13.4. The topological polar surface area (TPSA) is 81.2 Å². The normalized spacial score (nSPS) is 10.3. The zero-order valence-corrected chi connectivity index (χ0v) is 14.2. The molecule has 0 bridgehead atoms. The molecule has 0 aliphatic heterocycles. The van der Waals surface area contributed by atoms with Crippen LogP contribution in [0.2, 0.25) is 5.02 Å². The lowest BCUT2D eigenvalue weighted by Gasteiger charge is -2.08. The minimum atomic E-state index is 0.102. The summed E-state index contributed by atoms with van der Waals surface area (Å²) in [4.78, 5) is 4.30. The summed E-state index contributed by atoms with van der Waals surface area (Å²) in [6.07, 6.45) is 0.518. The molecular formula is C18H14ClN3O3. The van der Waals surface area contributed by atoms with Crippen molar-refractivity contribution in [2.24, 2.45) is 0 Å². The SMILES string of the molecule is COc1cc(C#N)ccc1OCc1nc(Cc2cccc(Cl)c2)no1. The molecule has 7 heteroatoms. The van der Waals surface area contributed by atoms with Crippen LogP contribution >= 0.6 is 11.6 Å². The highest BCUT2D eigenvalue weighted by Gasteiger charge is 2.11. The van der Waals surface area contributed by atoms with Crippen molar-refractivity contribution >= 4 is 11.6 Å². The number of hydrogen-bond donors (Lipinski definition) is 0. The number of nitriles is 1. The molecule has 0 amide bonds. The second kappa shape index (κ2) is 7.69. The average molecular weight is 356 g/mol. The summed E-state index contributed by atoms with van der Waals surface area (Å²) in [5, 5.41) is 13.5. The van der Waals surface area contributed by atoms with Gasteiger partial charge in [0.25, 0.3) is 5.89 Å². The maximum absolute atomic E-state index is 8.91. The van der Waals surface area contributed by atoms with Gasteiger partial charge in [-0.1, -0.05) is 28.9 Å². The molecule has 0 atom stereocenters. The molecule has 0 unspecified atom stereocenters. The van der Waals surface area contributed by atoms with Gasteiger partial charge >= 0.3 is 0 Å². The third-order valence-corrected chi connectivity index (χ3v) is 3.64. The van der Waals surface area contributed by atoms with E-state index >= 15 is 0 Å². The monoisotopic (exact) mass is 355 g/mol. The van der Waals surface area contributed by atoms with Crippen molar-refractivity contribution in [3.05, 3.63) is 70.3 Å². The van der Waals surface area contributed by atoms with Gasteiger partial charge in [-0.05, 0) is 29.8 Å². The van der Waals surface area contributed by atoms with Gasteiger partial charge in [-0.2, -0.15) is 10.2 Å². The maximum Gasteiger partial charge on any atom is 0.264 e. The van der Waals surface area contributed by atoms with Crippen molar-refractivity contribution in [1.29, 1.82) is 5.26 Å². The summed E-state index contributed by atoms with van der Waals surface area (Å²) in [5.41, 5.74) is 1.49. The van der Waals surface area contributed by atoms with E-state index in [1.54, 1.807) is 18.2 Å². The van der Waals surface area contributed by atoms with Crippen LogP contribution in [-0.2, 0) is 13.0 Å². The highest BCUT2D eigenvalue weighted by Crippen LogP contribution is 2.28. The summed E-state index contributed by atoms with van der Waals surface area (Å²) in [6, 6.07) is 14.5. The van der Waals surface area contributed by atoms with Crippen LogP contribution in [0, 0.1) is 11.3 Å². The van der Waals surface area contributed by atoms with Crippen LogP contribution in [0.1, 0.15) is 22.8 Å². The number of hydrogen-bond acceptors (Lipinski definition) is 6. The Labute approximate surface area is 149 Å². The molecule has 6 nitrogen and oxygen atoms in total. The lowest BCUT2D eigenvalue weighted by atomic mass is 10.1. The Bertz CT molecular complexity index is 918. The number of methoxy groups -OCH3 is 1. The van der Waals surface area contributed by atoms with Crippen LogP contribution in [0.25, 0.3) is 0 Å². The minimum absolute atomic E-state index is 0.102. The molecule has 0 radical (unpaired) electrons. The van der Waals surface area contributed by atoms with E-state index in [4.69, 9.17) is 30.9 Å². The largest absolute Gasteiger partial charge is 0.493 e. The second-order valence-corrected chi connectivity index (χ2v) is 5.61.